The highest BCUT2D eigenvalue weighted by Gasteiger charge is 2.24. The van der Waals surface area contributed by atoms with E-state index in [9.17, 15) is 0 Å². The van der Waals surface area contributed by atoms with E-state index in [1.165, 1.54) is 23.9 Å². The van der Waals surface area contributed by atoms with E-state index in [2.05, 4.69) is 94.2 Å². The van der Waals surface area contributed by atoms with Crippen molar-refractivity contribution >= 4 is 32.5 Å². The molecule has 1 aromatic heterocycles. The molecule has 0 bridgehead atoms. The first kappa shape index (κ1) is 22.8. The number of piperidine rings is 1. The summed E-state index contributed by atoms with van der Waals surface area (Å²) in [7, 11) is 0. The van der Waals surface area contributed by atoms with Gasteiger partial charge in [0.05, 0.1) is 11.2 Å². The number of fused-ring (bicyclic) bond motifs is 1. The standard InChI is InChI=1S/C24H28BrN3.C2H6/c1-3-27(4-2)20-13-15-28(16-14-20)24-17-23(18-9-11-19(25)12-10-18)26-22-8-6-5-7-21(22)24;1-2/h5-12,17,20H,3-4,13-16H2,1-2H3;1-2H3. The minimum absolute atomic E-state index is 0.713. The summed E-state index contributed by atoms with van der Waals surface area (Å²) in [6.45, 7) is 13.1. The number of anilines is 1. The summed E-state index contributed by atoms with van der Waals surface area (Å²) in [5, 5.41) is 1.25. The van der Waals surface area contributed by atoms with Crippen molar-refractivity contribution in [3.63, 3.8) is 0 Å². The van der Waals surface area contributed by atoms with Gasteiger partial charge in [0.1, 0.15) is 0 Å². The van der Waals surface area contributed by atoms with Crippen LogP contribution in [-0.2, 0) is 0 Å². The van der Waals surface area contributed by atoms with E-state index in [-0.39, 0.29) is 0 Å². The monoisotopic (exact) mass is 467 g/mol. The Morgan fingerprint density at radius 3 is 2.23 bits per heavy atom. The summed E-state index contributed by atoms with van der Waals surface area (Å²) in [5.41, 5.74) is 4.60. The molecule has 1 aliphatic heterocycles. The maximum absolute atomic E-state index is 4.95. The van der Waals surface area contributed by atoms with E-state index in [0.717, 1.165) is 47.4 Å². The molecule has 1 fully saturated rings. The number of aromatic nitrogens is 1. The molecule has 0 unspecified atom stereocenters. The largest absolute Gasteiger partial charge is 0.371 e. The third-order valence-electron chi connectivity index (χ3n) is 5.97. The second-order valence-corrected chi connectivity index (χ2v) is 8.41. The maximum atomic E-state index is 4.95. The minimum atomic E-state index is 0.713. The van der Waals surface area contributed by atoms with Crippen molar-refractivity contribution < 1.29 is 0 Å². The van der Waals surface area contributed by atoms with Gasteiger partial charge in [0.25, 0.3) is 0 Å². The Bertz CT molecular complexity index is 927. The average Bonchev–Trinajstić information content (AvgIpc) is 2.81. The van der Waals surface area contributed by atoms with Gasteiger partial charge in [0.2, 0.25) is 0 Å². The van der Waals surface area contributed by atoms with Gasteiger partial charge in [-0.2, -0.15) is 0 Å². The van der Waals surface area contributed by atoms with Gasteiger partial charge in [-0.15, -0.1) is 0 Å². The number of halogens is 1. The quantitative estimate of drug-likeness (QED) is 0.402. The molecule has 2 heterocycles. The molecule has 30 heavy (non-hydrogen) atoms. The molecule has 3 nitrogen and oxygen atoms in total. The molecule has 0 saturated carbocycles. The molecule has 3 aromatic rings. The van der Waals surface area contributed by atoms with Crippen LogP contribution < -0.4 is 4.90 Å². The zero-order valence-electron chi connectivity index (χ0n) is 18.7. The molecule has 2 aromatic carbocycles. The van der Waals surface area contributed by atoms with Crippen LogP contribution in [0, 0.1) is 0 Å². The highest BCUT2D eigenvalue weighted by molar-refractivity contribution is 9.10. The Labute approximate surface area is 190 Å². The fourth-order valence-electron chi connectivity index (χ4n) is 4.40. The summed E-state index contributed by atoms with van der Waals surface area (Å²) in [4.78, 5) is 10.1. The van der Waals surface area contributed by atoms with Crippen molar-refractivity contribution in [2.24, 2.45) is 0 Å². The van der Waals surface area contributed by atoms with E-state index in [1.54, 1.807) is 0 Å². The third-order valence-corrected chi connectivity index (χ3v) is 6.50. The molecule has 0 aliphatic carbocycles. The Kier molecular flexibility index (Phi) is 8.29. The first-order chi connectivity index (χ1) is 14.7. The van der Waals surface area contributed by atoms with Crippen molar-refractivity contribution in [3.05, 3.63) is 59.1 Å². The minimum Gasteiger partial charge on any atom is -0.371 e. The first-order valence-electron chi connectivity index (χ1n) is 11.3. The fraction of sp³-hybridized carbons (Fsp3) is 0.423. The zero-order valence-corrected chi connectivity index (χ0v) is 20.3. The van der Waals surface area contributed by atoms with Crippen LogP contribution >= 0.6 is 15.9 Å². The van der Waals surface area contributed by atoms with Crippen LogP contribution in [0.4, 0.5) is 5.69 Å². The van der Waals surface area contributed by atoms with Gasteiger partial charge in [-0.1, -0.05) is 74.0 Å². The van der Waals surface area contributed by atoms with Crippen LogP contribution in [0.5, 0.6) is 0 Å². The number of nitrogens with zero attached hydrogens (tertiary/aromatic N) is 3. The van der Waals surface area contributed by atoms with E-state index in [1.807, 2.05) is 13.8 Å². The molecule has 160 valence electrons. The number of hydrogen-bond acceptors (Lipinski definition) is 3. The van der Waals surface area contributed by atoms with Crippen molar-refractivity contribution in [3.8, 4) is 11.3 Å². The first-order valence-corrected chi connectivity index (χ1v) is 12.1. The van der Waals surface area contributed by atoms with Gasteiger partial charge < -0.3 is 9.80 Å². The Morgan fingerprint density at radius 1 is 0.967 bits per heavy atom. The highest BCUT2D eigenvalue weighted by atomic mass is 79.9. The Balaban J connectivity index is 0.00000124. The number of rotatable bonds is 5. The predicted octanol–water partition coefficient (Wildman–Crippen LogP) is 7.00. The summed E-state index contributed by atoms with van der Waals surface area (Å²) in [6, 6.07) is 20.0. The fourth-order valence-corrected chi connectivity index (χ4v) is 4.66. The van der Waals surface area contributed by atoms with Gasteiger partial charge >= 0.3 is 0 Å². The molecule has 0 N–H and O–H groups in total. The molecule has 4 rings (SSSR count). The van der Waals surface area contributed by atoms with Crippen molar-refractivity contribution in [1.29, 1.82) is 0 Å². The lowest BCUT2D eigenvalue weighted by atomic mass is 10.0. The van der Waals surface area contributed by atoms with Gasteiger partial charge in [0, 0.05) is 40.2 Å². The molecule has 0 spiro atoms. The van der Waals surface area contributed by atoms with Crippen LogP contribution in [0.1, 0.15) is 40.5 Å². The topological polar surface area (TPSA) is 19.4 Å². The highest BCUT2D eigenvalue weighted by Crippen LogP contribution is 2.33. The van der Waals surface area contributed by atoms with Crippen LogP contribution in [0.25, 0.3) is 22.2 Å². The summed E-state index contributed by atoms with van der Waals surface area (Å²) in [6.07, 6.45) is 2.46. The second-order valence-electron chi connectivity index (χ2n) is 7.49. The van der Waals surface area contributed by atoms with E-state index >= 15 is 0 Å². The smallest absolute Gasteiger partial charge is 0.0730 e. The molecule has 0 atom stereocenters. The van der Waals surface area contributed by atoms with Gasteiger partial charge in [0.15, 0.2) is 0 Å². The molecular formula is C26H34BrN3. The van der Waals surface area contributed by atoms with Gasteiger partial charge in [-0.3, -0.25) is 0 Å². The molecule has 4 heteroatoms. The Morgan fingerprint density at radius 2 is 1.60 bits per heavy atom. The SMILES string of the molecule is CC.CCN(CC)C1CCN(c2cc(-c3ccc(Br)cc3)nc3ccccc23)CC1. The number of para-hydroxylation sites is 1. The van der Waals surface area contributed by atoms with Crippen LogP contribution in [0.2, 0.25) is 0 Å². The number of pyridine rings is 1. The lowest BCUT2D eigenvalue weighted by Crippen LogP contribution is -2.44. The van der Waals surface area contributed by atoms with E-state index in [4.69, 9.17) is 4.98 Å². The normalized spacial score (nSPS) is 14.7. The van der Waals surface area contributed by atoms with Crippen molar-refractivity contribution in [1.82, 2.24) is 9.88 Å². The summed E-state index contributed by atoms with van der Waals surface area (Å²) < 4.78 is 1.09. The van der Waals surface area contributed by atoms with E-state index in [0.29, 0.717) is 6.04 Å². The average molecular weight is 468 g/mol. The molecule has 1 saturated heterocycles. The summed E-state index contributed by atoms with van der Waals surface area (Å²) in [5.74, 6) is 0. The maximum Gasteiger partial charge on any atom is 0.0730 e. The third kappa shape index (κ3) is 5.04. The molecular weight excluding hydrogens is 434 g/mol. The summed E-state index contributed by atoms with van der Waals surface area (Å²) >= 11 is 3.53. The number of hydrogen-bond donors (Lipinski definition) is 0. The van der Waals surface area contributed by atoms with Gasteiger partial charge in [-0.05, 0) is 50.2 Å². The lowest BCUT2D eigenvalue weighted by Gasteiger charge is -2.39. The number of benzene rings is 2. The second kappa shape index (κ2) is 10.9. The van der Waals surface area contributed by atoms with Crippen molar-refractivity contribution in [2.45, 2.75) is 46.6 Å². The van der Waals surface area contributed by atoms with Crippen molar-refractivity contribution in [2.75, 3.05) is 31.1 Å². The van der Waals surface area contributed by atoms with E-state index < -0.39 is 0 Å². The molecule has 0 amide bonds. The van der Waals surface area contributed by atoms with Crippen LogP contribution in [0.3, 0.4) is 0 Å². The molecule has 0 radical (unpaired) electrons. The zero-order chi connectivity index (χ0) is 21.5. The van der Waals surface area contributed by atoms with Crippen LogP contribution in [0.15, 0.2) is 59.1 Å². The van der Waals surface area contributed by atoms with Gasteiger partial charge in [-0.25, -0.2) is 4.98 Å². The lowest BCUT2D eigenvalue weighted by molar-refractivity contribution is 0.186. The van der Waals surface area contributed by atoms with Crippen LogP contribution in [-0.4, -0.2) is 42.1 Å². The predicted molar refractivity (Wildman–Crippen MR) is 134 cm³/mol. The Hall–Kier alpha value is -1.91. The molecule has 1 aliphatic rings.